The Hall–Kier alpha value is -3.76. The van der Waals surface area contributed by atoms with Crippen molar-refractivity contribution < 1.29 is 26.7 Å². The van der Waals surface area contributed by atoms with Gasteiger partial charge >= 0.3 is 6.30 Å². The fraction of sp³-hybridized carbons (Fsp3) is 0.261. The second-order valence-corrected chi connectivity index (χ2v) is 8.61. The number of β-lactam (4-membered cyclic amide) rings is 1. The number of carbonyl (C=O) groups excluding carboxylic acids is 1. The third kappa shape index (κ3) is 3.17. The lowest BCUT2D eigenvalue weighted by atomic mass is 9.78. The molecule has 174 valence electrons. The lowest BCUT2D eigenvalue weighted by Crippen LogP contribution is -2.56. The molecular weight excluding hydrogens is 457 g/mol. The largest absolute Gasteiger partial charge is 0.489 e. The van der Waals surface area contributed by atoms with Crippen LogP contribution in [0.3, 0.4) is 0 Å². The lowest BCUT2D eigenvalue weighted by Gasteiger charge is -2.48. The molecule has 2 unspecified atom stereocenters. The first kappa shape index (κ1) is 20.8. The van der Waals surface area contributed by atoms with Crippen molar-refractivity contribution in [2.45, 2.75) is 25.2 Å². The second kappa shape index (κ2) is 7.12. The van der Waals surface area contributed by atoms with Crippen LogP contribution in [0.15, 0.2) is 49.2 Å². The average Bonchev–Trinajstić information content (AvgIpc) is 3.26. The maximum absolute atomic E-state index is 15.3. The molecule has 6 rings (SSSR count). The quantitative estimate of drug-likeness (QED) is 0.323. The number of benzene rings is 2. The van der Waals surface area contributed by atoms with Gasteiger partial charge in [-0.25, -0.2) is 23.3 Å². The zero-order valence-electron chi connectivity index (χ0n) is 17.4. The average molecular weight is 473 g/mol. The molecular formula is C23H16F5N5O. The Morgan fingerprint density at radius 3 is 2.41 bits per heavy atom. The van der Waals surface area contributed by atoms with Crippen LogP contribution < -0.4 is 4.90 Å². The Labute approximate surface area is 189 Å². The normalized spacial score (nSPS) is 20.7. The number of anilines is 1. The Balaban J connectivity index is 1.41. The molecule has 1 aliphatic carbocycles. The minimum atomic E-state index is -4.69. The number of aromatic amines is 1. The number of H-pyrrole nitrogens is 1. The van der Waals surface area contributed by atoms with Crippen molar-refractivity contribution in [3.63, 3.8) is 0 Å². The zero-order valence-corrected chi connectivity index (χ0v) is 17.4. The highest BCUT2D eigenvalue weighted by atomic mass is 19.4. The molecule has 1 aliphatic heterocycles. The molecule has 0 spiro atoms. The molecule has 0 radical (unpaired) electrons. The van der Waals surface area contributed by atoms with Crippen molar-refractivity contribution in [2.24, 2.45) is 11.8 Å². The number of rotatable bonds is 4. The summed E-state index contributed by atoms with van der Waals surface area (Å²) in [6.07, 6.45) is -0.374. The van der Waals surface area contributed by atoms with E-state index in [-0.39, 0.29) is 33.2 Å². The fourth-order valence-electron chi connectivity index (χ4n) is 4.72. The summed E-state index contributed by atoms with van der Waals surface area (Å²) in [5.41, 5.74) is 1.21. The number of hydrogen-bond donors (Lipinski definition) is 1. The monoisotopic (exact) mass is 473 g/mol. The van der Waals surface area contributed by atoms with Crippen LogP contribution in [-0.4, -0.2) is 25.4 Å². The standard InChI is InChI=1S/C23H16F5N5O/c24-14-5-12(18-8-32(10-31-18)23(26,27)28)6-15(25)20(14)21-19(11-1-2-11)22(34)33(21)13-3-4-16-17(7-13)30-9-29-16/h3-11,19,21H,1-2H2,(H,29,30). The van der Waals surface area contributed by atoms with Gasteiger partial charge in [-0.05, 0) is 49.1 Å². The zero-order chi connectivity index (χ0) is 23.8. The lowest BCUT2D eigenvalue weighted by molar-refractivity contribution is -0.204. The summed E-state index contributed by atoms with van der Waals surface area (Å²) >= 11 is 0. The van der Waals surface area contributed by atoms with Crippen LogP contribution in [0.25, 0.3) is 22.3 Å². The third-order valence-electron chi connectivity index (χ3n) is 6.50. The van der Waals surface area contributed by atoms with Crippen LogP contribution in [0.4, 0.5) is 27.6 Å². The van der Waals surface area contributed by atoms with Crippen LogP contribution in [-0.2, 0) is 11.1 Å². The maximum Gasteiger partial charge on any atom is 0.489 e. The van der Waals surface area contributed by atoms with E-state index >= 15 is 8.78 Å². The van der Waals surface area contributed by atoms with Gasteiger partial charge in [0.2, 0.25) is 5.91 Å². The molecule has 2 fully saturated rings. The molecule has 1 saturated heterocycles. The van der Waals surface area contributed by atoms with Crippen molar-refractivity contribution >= 4 is 22.6 Å². The van der Waals surface area contributed by atoms with Gasteiger partial charge in [-0.3, -0.25) is 4.79 Å². The van der Waals surface area contributed by atoms with Crippen molar-refractivity contribution in [1.29, 1.82) is 0 Å². The maximum atomic E-state index is 15.3. The van der Waals surface area contributed by atoms with E-state index in [0.717, 1.165) is 30.5 Å². The van der Waals surface area contributed by atoms with Crippen LogP contribution in [0.5, 0.6) is 0 Å². The number of nitrogens with one attached hydrogen (secondary N) is 1. The minimum absolute atomic E-state index is 0.0452. The third-order valence-corrected chi connectivity index (χ3v) is 6.50. The predicted molar refractivity (Wildman–Crippen MR) is 111 cm³/mol. The van der Waals surface area contributed by atoms with E-state index in [0.29, 0.717) is 23.7 Å². The first-order valence-electron chi connectivity index (χ1n) is 10.6. The van der Waals surface area contributed by atoms with Gasteiger partial charge in [-0.15, -0.1) is 13.2 Å². The van der Waals surface area contributed by atoms with Crippen molar-refractivity contribution in [3.8, 4) is 11.3 Å². The molecule has 2 aliphatic rings. The molecule has 1 saturated carbocycles. The molecule has 11 heteroatoms. The molecule has 34 heavy (non-hydrogen) atoms. The van der Waals surface area contributed by atoms with Crippen LogP contribution in [0.1, 0.15) is 24.4 Å². The first-order chi connectivity index (χ1) is 16.2. The number of hydrogen-bond acceptors (Lipinski definition) is 3. The van der Waals surface area contributed by atoms with Gasteiger partial charge in [0, 0.05) is 23.0 Å². The van der Waals surface area contributed by atoms with Gasteiger partial charge in [-0.2, -0.15) is 0 Å². The minimum Gasteiger partial charge on any atom is -0.345 e. The SMILES string of the molecule is O=C1C(C2CC2)C(c2c(F)cc(-c3cn(C(F)(F)F)cn3)cc2F)N1c1ccc2[nH]cnc2c1. The molecule has 1 N–H and O–H groups in total. The van der Waals surface area contributed by atoms with Crippen LogP contribution >= 0.6 is 0 Å². The summed E-state index contributed by atoms with van der Waals surface area (Å²) in [5.74, 6) is -2.61. The highest BCUT2D eigenvalue weighted by Gasteiger charge is 2.56. The second-order valence-electron chi connectivity index (χ2n) is 8.61. The molecule has 2 aromatic carbocycles. The molecule has 2 aromatic heterocycles. The number of fused-ring (bicyclic) bond motifs is 1. The topological polar surface area (TPSA) is 66.8 Å². The van der Waals surface area contributed by atoms with Gasteiger partial charge in [0.05, 0.1) is 35.0 Å². The van der Waals surface area contributed by atoms with Gasteiger partial charge in [-0.1, -0.05) is 0 Å². The number of nitrogens with zero attached hydrogens (tertiary/aromatic N) is 4. The van der Waals surface area contributed by atoms with E-state index in [9.17, 15) is 18.0 Å². The Morgan fingerprint density at radius 2 is 1.76 bits per heavy atom. The fourth-order valence-corrected chi connectivity index (χ4v) is 4.72. The van der Waals surface area contributed by atoms with E-state index in [4.69, 9.17) is 0 Å². The van der Waals surface area contributed by atoms with E-state index in [1.165, 1.54) is 11.2 Å². The number of imidazole rings is 2. The van der Waals surface area contributed by atoms with Crippen LogP contribution in [0, 0.1) is 23.5 Å². The predicted octanol–water partition coefficient (Wildman–Crippen LogP) is 5.30. The van der Waals surface area contributed by atoms with Gasteiger partial charge in [0.1, 0.15) is 18.0 Å². The molecule has 0 bridgehead atoms. The van der Waals surface area contributed by atoms with Gasteiger partial charge < -0.3 is 9.88 Å². The molecule has 6 nitrogen and oxygen atoms in total. The Morgan fingerprint density at radius 1 is 1.03 bits per heavy atom. The van der Waals surface area contributed by atoms with E-state index in [2.05, 4.69) is 15.0 Å². The summed E-state index contributed by atoms with van der Waals surface area (Å²) in [4.78, 5) is 25.2. The smallest absolute Gasteiger partial charge is 0.345 e. The molecule has 2 atom stereocenters. The summed E-state index contributed by atoms with van der Waals surface area (Å²) in [6, 6.07) is 6.15. The molecule has 4 aromatic rings. The van der Waals surface area contributed by atoms with Gasteiger partial charge in [0.15, 0.2) is 0 Å². The summed E-state index contributed by atoms with van der Waals surface area (Å²) in [6.45, 7) is 0. The number of alkyl halides is 3. The van der Waals surface area contributed by atoms with E-state index in [1.54, 1.807) is 18.2 Å². The van der Waals surface area contributed by atoms with Crippen molar-refractivity contribution in [1.82, 2.24) is 19.5 Å². The Bertz CT molecular complexity index is 1410. The number of amides is 1. The first-order valence-corrected chi connectivity index (χ1v) is 10.6. The summed E-state index contributed by atoms with van der Waals surface area (Å²) < 4.78 is 69.2. The highest BCUT2D eigenvalue weighted by Crippen LogP contribution is 2.55. The molecule has 3 heterocycles. The number of aromatic nitrogens is 4. The van der Waals surface area contributed by atoms with E-state index in [1.807, 2.05) is 0 Å². The van der Waals surface area contributed by atoms with Crippen LogP contribution in [0.2, 0.25) is 0 Å². The van der Waals surface area contributed by atoms with Gasteiger partial charge in [0.25, 0.3) is 0 Å². The highest BCUT2D eigenvalue weighted by molar-refractivity contribution is 6.04. The summed E-state index contributed by atoms with van der Waals surface area (Å²) in [5, 5.41) is 0. The van der Waals surface area contributed by atoms with Crippen molar-refractivity contribution in [2.75, 3.05) is 4.90 Å². The summed E-state index contributed by atoms with van der Waals surface area (Å²) in [7, 11) is 0. The Kier molecular flexibility index (Phi) is 4.36. The molecule has 1 amide bonds. The van der Waals surface area contributed by atoms with Crippen molar-refractivity contribution in [3.05, 3.63) is 66.4 Å². The van der Waals surface area contributed by atoms with E-state index < -0.39 is 29.9 Å². The number of halogens is 5. The number of carbonyl (C=O) groups is 1.